The zero-order valence-electron chi connectivity index (χ0n) is 20.1. The first-order valence-corrected chi connectivity index (χ1v) is 13.6. The highest BCUT2D eigenvalue weighted by molar-refractivity contribution is 7.92. The SMILES string of the molecule is Cc1nc2cccc3c2n1-c1ccc(-c2cc(-c4ccccc4)cc(-c4ccccc4)c2)cc1S3(=O)=O. The number of nitrogens with zero attached hydrogens (tertiary/aromatic N) is 2. The van der Waals surface area contributed by atoms with Crippen molar-refractivity contribution in [1.29, 1.82) is 0 Å². The molecule has 1 aromatic heterocycles. The molecule has 7 rings (SSSR count). The highest BCUT2D eigenvalue weighted by atomic mass is 32.2. The Kier molecular flexibility index (Phi) is 4.72. The second-order valence-electron chi connectivity index (χ2n) is 9.34. The fourth-order valence-electron chi connectivity index (χ4n) is 5.32. The third-order valence-corrected chi connectivity index (χ3v) is 8.88. The molecule has 37 heavy (non-hydrogen) atoms. The standard InChI is InChI=1S/C32H22N2O2S/c1-21-33-28-13-8-14-30-32(28)34(21)29-16-15-24(20-31(29)37(30,35)36)27-18-25(22-9-4-2-5-10-22)17-26(19-27)23-11-6-3-7-12-23/h2-20H,1H3. The van der Waals surface area contributed by atoms with Crippen LogP contribution >= 0.6 is 0 Å². The second-order valence-corrected chi connectivity index (χ2v) is 11.2. The fraction of sp³-hybridized carbons (Fsp3) is 0.0312. The van der Waals surface area contributed by atoms with Gasteiger partial charge < -0.3 is 0 Å². The Hall–Kier alpha value is -4.48. The lowest BCUT2D eigenvalue weighted by atomic mass is 9.93. The Bertz CT molecular complexity index is 1880. The molecule has 1 aliphatic rings. The largest absolute Gasteiger partial charge is 0.294 e. The summed E-state index contributed by atoms with van der Waals surface area (Å²) in [5.74, 6) is 0.767. The van der Waals surface area contributed by atoms with E-state index in [-0.39, 0.29) is 0 Å². The third-order valence-electron chi connectivity index (χ3n) is 7.07. The second kappa shape index (κ2) is 8.02. The predicted octanol–water partition coefficient (Wildman–Crippen LogP) is 7.48. The van der Waals surface area contributed by atoms with E-state index in [4.69, 9.17) is 0 Å². The van der Waals surface area contributed by atoms with Gasteiger partial charge in [0.25, 0.3) is 0 Å². The quantitative estimate of drug-likeness (QED) is 0.254. The Balaban J connectivity index is 1.47. The molecular formula is C32H22N2O2S. The van der Waals surface area contributed by atoms with Crippen LogP contribution in [0.5, 0.6) is 0 Å². The van der Waals surface area contributed by atoms with E-state index in [0.717, 1.165) is 39.2 Å². The lowest BCUT2D eigenvalue weighted by molar-refractivity contribution is 0.594. The highest BCUT2D eigenvalue weighted by Crippen LogP contribution is 2.41. The monoisotopic (exact) mass is 498 g/mol. The lowest BCUT2D eigenvalue weighted by Gasteiger charge is -2.21. The Labute approximate surface area is 215 Å². The van der Waals surface area contributed by atoms with Gasteiger partial charge in [-0.15, -0.1) is 0 Å². The number of hydrogen-bond donors (Lipinski definition) is 0. The molecule has 0 amide bonds. The molecule has 0 unspecified atom stereocenters. The minimum Gasteiger partial charge on any atom is -0.294 e. The molecule has 178 valence electrons. The molecule has 4 nitrogen and oxygen atoms in total. The summed E-state index contributed by atoms with van der Waals surface area (Å²) in [5.41, 5.74) is 8.18. The summed E-state index contributed by atoms with van der Waals surface area (Å²) in [6.07, 6.45) is 0. The summed E-state index contributed by atoms with van der Waals surface area (Å²) >= 11 is 0. The van der Waals surface area contributed by atoms with E-state index in [2.05, 4.69) is 47.4 Å². The van der Waals surface area contributed by atoms with Crippen LogP contribution in [0.1, 0.15) is 5.82 Å². The minimum absolute atomic E-state index is 0.303. The smallest absolute Gasteiger partial charge is 0.210 e. The molecular weight excluding hydrogens is 476 g/mol. The number of benzene rings is 5. The highest BCUT2D eigenvalue weighted by Gasteiger charge is 2.33. The molecule has 0 atom stereocenters. The summed E-state index contributed by atoms with van der Waals surface area (Å²) in [5, 5.41) is 0. The lowest BCUT2D eigenvalue weighted by Crippen LogP contribution is -2.15. The van der Waals surface area contributed by atoms with Crippen LogP contribution in [0, 0.1) is 6.92 Å². The van der Waals surface area contributed by atoms with Crippen molar-refractivity contribution in [1.82, 2.24) is 9.55 Å². The number of fused-ring (bicyclic) bond motifs is 2. The summed E-state index contributed by atoms with van der Waals surface area (Å²) in [6.45, 7) is 1.91. The van der Waals surface area contributed by atoms with Crippen LogP contribution in [0.25, 0.3) is 50.1 Å². The fourth-order valence-corrected chi connectivity index (χ4v) is 6.99. The van der Waals surface area contributed by atoms with Crippen molar-refractivity contribution >= 4 is 20.9 Å². The molecule has 0 fully saturated rings. The van der Waals surface area contributed by atoms with Crippen molar-refractivity contribution in [2.24, 2.45) is 0 Å². The van der Waals surface area contributed by atoms with Crippen LogP contribution in [0.3, 0.4) is 0 Å². The van der Waals surface area contributed by atoms with Gasteiger partial charge in [-0.05, 0) is 82.8 Å². The maximum atomic E-state index is 13.8. The van der Waals surface area contributed by atoms with Crippen molar-refractivity contribution in [2.45, 2.75) is 16.7 Å². The van der Waals surface area contributed by atoms with E-state index in [1.165, 1.54) is 0 Å². The molecule has 6 aromatic rings. The van der Waals surface area contributed by atoms with Crippen molar-refractivity contribution in [3.8, 4) is 39.1 Å². The van der Waals surface area contributed by atoms with Crippen molar-refractivity contribution in [2.75, 3.05) is 0 Å². The normalized spacial score (nSPS) is 13.4. The average Bonchev–Trinajstić information content (AvgIpc) is 3.28. The van der Waals surface area contributed by atoms with E-state index in [1.54, 1.807) is 12.1 Å². The van der Waals surface area contributed by atoms with Crippen molar-refractivity contribution in [3.63, 3.8) is 0 Å². The van der Waals surface area contributed by atoms with Gasteiger partial charge in [-0.2, -0.15) is 0 Å². The van der Waals surface area contributed by atoms with E-state index in [0.29, 0.717) is 26.5 Å². The molecule has 1 aliphatic heterocycles. The minimum atomic E-state index is -3.71. The summed E-state index contributed by atoms with van der Waals surface area (Å²) < 4.78 is 29.6. The summed E-state index contributed by atoms with van der Waals surface area (Å²) in [7, 11) is -3.71. The van der Waals surface area contributed by atoms with Gasteiger partial charge >= 0.3 is 0 Å². The van der Waals surface area contributed by atoms with Crippen LogP contribution in [0.15, 0.2) is 125 Å². The number of sulfone groups is 1. The molecule has 0 saturated carbocycles. The molecule has 0 bridgehead atoms. The zero-order chi connectivity index (χ0) is 25.1. The van der Waals surface area contributed by atoms with Crippen LogP contribution in [0.4, 0.5) is 0 Å². The van der Waals surface area contributed by atoms with E-state index in [9.17, 15) is 8.42 Å². The number of imidazole rings is 1. The molecule has 5 aromatic carbocycles. The zero-order valence-corrected chi connectivity index (χ0v) is 20.9. The molecule has 0 radical (unpaired) electrons. The van der Waals surface area contributed by atoms with Crippen molar-refractivity contribution in [3.05, 3.63) is 121 Å². The topological polar surface area (TPSA) is 52.0 Å². The van der Waals surface area contributed by atoms with Gasteiger partial charge in [0.15, 0.2) is 0 Å². The molecule has 2 heterocycles. The van der Waals surface area contributed by atoms with E-state index < -0.39 is 9.84 Å². The van der Waals surface area contributed by atoms with E-state index in [1.807, 2.05) is 72.2 Å². The first kappa shape index (κ1) is 21.8. The van der Waals surface area contributed by atoms with Crippen LogP contribution in [0.2, 0.25) is 0 Å². The van der Waals surface area contributed by atoms with Gasteiger partial charge in [-0.1, -0.05) is 72.8 Å². The molecule has 0 spiro atoms. The maximum Gasteiger partial charge on any atom is 0.210 e. The number of para-hydroxylation sites is 1. The van der Waals surface area contributed by atoms with Gasteiger partial charge in [-0.3, -0.25) is 4.57 Å². The van der Waals surface area contributed by atoms with Crippen LogP contribution < -0.4 is 0 Å². The van der Waals surface area contributed by atoms with Gasteiger partial charge in [0.2, 0.25) is 9.84 Å². The van der Waals surface area contributed by atoms with Crippen molar-refractivity contribution < 1.29 is 8.42 Å². The number of rotatable bonds is 3. The van der Waals surface area contributed by atoms with Gasteiger partial charge in [0.1, 0.15) is 5.82 Å². The van der Waals surface area contributed by atoms with Gasteiger partial charge in [0, 0.05) is 0 Å². The first-order chi connectivity index (χ1) is 18.0. The number of hydrogen-bond acceptors (Lipinski definition) is 3. The molecule has 0 N–H and O–H groups in total. The molecule has 0 aliphatic carbocycles. The van der Waals surface area contributed by atoms with Gasteiger partial charge in [0.05, 0.1) is 26.5 Å². The molecule has 5 heteroatoms. The maximum absolute atomic E-state index is 13.8. The Morgan fingerprint density at radius 3 is 1.78 bits per heavy atom. The summed E-state index contributed by atoms with van der Waals surface area (Å²) in [6, 6.07) is 38.0. The number of aromatic nitrogens is 2. The van der Waals surface area contributed by atoms with Gasteiger partial charge in [-0.25, -0.2) is 13.4 Å². The Morgan fingerprint density at radius 2 is 1.16 bits per heavy atom. The van der Waals surface area contributed by atoms with E-state index >= 15 is 0 Å². The number of aryl methyl sites for hydroxylation is 1. The Morgan fingerprint density at radius 1 is 0.568 bits per heavy atom. The predicted molar refractivity (Wildman–Crippen MR) is 148 cm³/mol. The first-order valence-electron chi connectivity index (χ1n) is 12.1. The third kappa shape index (κ3) is 3.35. The van der Waals surface area contributed by atoms with Crippen LogP contribution in [-0.2, 0) is 9.84 Å². The average molecular weight is 499 g/mol. The van der Waals surface area contributed by atoms with Crippen LogP contribution in [-0.4, -0.2) is 18.0 Å². The summed E-state index contributed by atoms with van der Waals surface area (Å²) in [4.78, 5) is 5.23. The molecule has 0 saturated heterocycles.